The van der Waals surface area contributed by atoms with Gasteiger partial charge in [-0.25, -0.2) is 13.6 Å². The van der Waals surface area contributed by atoms with Gasteiger partial charge in [0.25, 0.3) is 0 Å². The normalized spacial score (nSPS) is 14.1. The zero-order valence-electron chi connectivity index (χ0n) is 22.7. The van der Waals surface area contributed by atoms with Gasteiger partial charge in [0.1, 0.15) is 18.7 Å². The molecule has 1 aliphatic heterocycles. The minimum absolute atomic E-state index is 0.00191. The number of primary sulfonamides is 1. The van der Waals surface area contributed by atoms with Gasteiger partial charge in [0.2, 0.25) is 15.9 Å². The minimum atomic E-state index is -4.48. The van der Waals surface area contributed by atoms with E-state index in [1.54, 1.807) is 29.2 Å². The van der Waals surface area contributed by atoms with Gasteiger partial charge < -0.3 is 24.8 Å². The Morgan fingerprint density at radius 3 is 2.55 bits per heavy atom. The van der Waals surface area contributed by atoms with Crippen LogP contribution >= 0.6 is 0 Å². The van der Waals surface area contributed by atoms with Crippen molar-refractivity contribution in [2.75, 3.05) is 37.4 Å². The zero-order valence-corrected chi connectivity index (χ0v) is 23.5. The summed E-state index contributed by atoms with van der Waals surface area (Å²) >= 11 is 0. The number of nitrogens with zero attached hydrogens (tertiary/aromatic N) is 3. The first-order chi connectivity index (χ1) is 19.9. The third-order valence-electron chi connectivity index (χ3n) is 6.81. The molecule has 0 aliphatic carbocycles. The summed E-state index contributed by atoms with van der Waals surface area (Å²) in [5.41, 5.74) is 1.64. The van der Waals surface area contributed by atoms with E-state index in [1.807, 2.05) is 6.07 Å². The number of nitrogens with one attached hydrogen (secondary N) is 2. The van der Waals surface area contributed by atoms with Crippen LogP contribution < -0.4 is 20.5 Å². The molecular weight excluding hydrogens is 573 g/mol. The number of carbonyl (C=O) groups excluding carboxylic acids is 1. The number of rotatable bonds is 8. The lowest BCUT2D eigenvalue weighted by molar-refractivity contribution is -0.140. The number of sulfonamides is 1. The Kier molecular flexibility index (Phi) is 9.19. The third kappa shape index (κ3) is 7.46. The number of hydrogen-bond acceptors (Lipinski definition) is 7. The molecule has 4 N–H and O–H groups in total. The monoisotopic (exact) mass is 602 g/mol. The van der Waals surface area contributed by atoms with Gasteiger partial charge in [-0.3, -0.25) is 4.79 Å². The Morgan fingerprint density at radius 2 is 1.90 bits per heavy atom. The topological polar surface area (TPSA) is 142 Å². The lowest BCUT2D eigenvalue weighted by atomic mass is 10.0. The first-order valence-corrected chi connectivity index (χ1v) is 14.5. The van der Waals surface area contributed by atoms with E-state index in [4.69, 9.17) is 15.1 Å². The number of nitriles is 1. The molecule has 0 radical (unpaired) electrons. The van der Waals surface area contributed by atoms with Gasteiger partial charge in [-0.15, -0.1) is 0 Å². The van der Waals surface area contributed by atoms with Crippen molar-refractivity contribution >= 4 is 38.2 Å². The standard InChI is InChI=1S/C28H29F3N6O4S/c1-41-26-17-21(42(33,39)40)7-8-24(26)34-13-3-4-20-16-22-23(5-2-6-25(22)37(20)18-28(29,30)31)35-19-10-14-36(15-11-19)27(38)9-12-32/h2,5-8,16-17,19,34-35H,9-11,13-15,18H2,1H3,(H2,33,39,40). The summed E-state index contributed by atoms with van der Waals surface area (Å²) in [6.45, 7) is -0.211. The summed E-state index contributed by atoms with van der Waals surface area (Å²) in [4.78, 5) is 13.5. The van der Waals surface area contributed by atoms with Crippen molar-refractivity contribution in [3.05, 3.63) is 48.2 Å². The van der Waals surface area contributed by atoms with Crippen molar-refractivity contribution in [3.63, 3.8) is 0 Å². The molecule has 3 aromatic rings. The fourth-order valence-electron chi connectivity index (χ4n) is 4.80. The van der Waals surface area contributed by atoms with Gasteiger partial charge in [-0.05, 0) is 49.1 Å². The van der Waals surface area contributed by atoms with Crippen LogP contribution in [0.4, 0.5) is 24.5 Å². The van der Waals surface area contributed by atoms with E-state index in [0.717, 1.165) is 4.57 Å². The smallest absolute Gasteiger partial charge is 0.406 e. The highest BCUT2D eigenvalue weighted by Crippen LogP contribution is 2.31. The highest BCUT2D eigenvalue weighted by Gasteiger charge is 2.30. The number of ether oxygens (including phenoxy) is 1. The predicted molar refractivity (Wildman–Crippen MR) is 151 cm³/mol. The molecule has 10 nitrogen and oxygen atoms in total. The van der Waals surface area contributed by atoms with E-state index in [2.05, 4.69) is 22.5 Å². The number of fused-ring (bicyclic) bond motifs is 1. The summed E-state index contributed by atoms with van der Waals surface area (Å²) < 4.78 is 70.2. The average molecular weight is 603 g/mol. The number of carbonyl (C=O) groups is 1. The molecule has 14 heteroatoms. The van der Waals surface area contributed by atoms with Gasteiger partial charge in [0.05, 0.1) is 41.5 Å². The summed E-state index contributed by atoms with van der Waals surface area (Å²) in [6.07, 6.45) is -3.37. The van der Waals surface area contributed by atoms with Gasteiger partial charge in [0.15, 0.2) is 0 Å². The van der Waals surface area contributed by atoms with E-state index >= 15 is 0 Å². The maximum Gasteiger partial charge on any atom is 0.406 e. The zero-order chi connectivity index (χ0) is 30.5. The quantitative estimate of drug-likeness (QED) is 0.334. The van der Waals surface area contributed by atoms with Crippen LogP contribution in [0.1, 0.15) is 25.0 Å². The third-order valence-corrected chi connectivity index (χ3v) is 7.72. The van der Waals surface area contributed by atoms with Gasteiger partial charge >= 0.3 is 6.18 Å². The first-order valence-electron chi connectivity index (χ1n) is 12.9. The number of methoxy groups -OCH3 is 1. The highest BCUT2D eigenvalue weighted by molar-refractivity contribution is 7.89. The second kappa shape index (κ2) is 12.6. The molecule has 2 aromatic carbocycles. The fraction of sp³-hybridized carbons (Fsp3) is 0.357. The lowest BCUT2D eigenvalue weighted by Crippen LogP contribution is -2.42. The second-order valence-electron chi connectivity index (χ2n) is 9.67. The summed E-state index contributed by atoms with van der Waals surface area (Å²) in [6, 6.07) is 12.6. The Hall–Kier alpha value is -4.40. The lowest BCUT2D eigenvalue weighted by Gasteiger charge is -2.32. The minimum Gasteiger partial charge on any atom is -0.495 e. The number of alkyl halides is 3. The van der Waals surface area contributed by atoms with Gasteiger partial charge in [-0.2, -0.15) is 18.4 Å². The maximum atomic E-state index is 13.6. The average Bonchev–Trinajstić information content (AvgIpc) is 3.27. The number of likely N-dealkylation sites (tertiary alicyclic amines) is 1. The van der Waals surface area contributed by atoms with E-state index in [-0.39, 0.29) is 41.3 Å². The summed E-state index contributed by atoms with van der Waals surface area (Å²) in [5, 5.41) is 20.9. The SMILES string of the molecule is COc1cc(S(N)(=O)=O)ccc1NCC#Cc1cc2c(NC3CCN(C(=O)CC#N)CC3)cccc2n1CC(F)(F)F. The molecule has 0 spiro atoms. The first kappa shape index (κ1) is 30.6. The van der Waals surface area contributed by atoms with E-state index in [9.17, 15) is 26.4 Å². The molecule has 0 saturated carbocycles. The molecule has 1 aliphatic rings. The number of nitrogens with two attached hydrogens (primary N) is 1. The molecule has 0 unspecified atom stereocenters. The number of halogens is 3. The number of hydrogen-bond donors (Lipinski definition) is 3. The van der Waals surface area contributed by atoms with Gasteiger partial charge in [-0.1, -0.05) is 12.0 Å². The number of aromatic nitrogens is 1. The largest absolute Gasteiger partial charge is 0.495 e. The molecule has 1 fully saturated rings. The van der Waals surface area contributed by atoms with Crippen LogP contribution in [0.25, 0.3) is 10.9 Å². The van der Waals surface area contributed by atoms with E-state index in [0.29, 0.717) is 48.2 Å². The van der Waals surface area contributed by atoms with Crippen molar-refractivity contribution < 1.29 is 31.1 Å². The van der Waals surface area contributed by atoms with Crippen LogP contribution in [-0.2, 0) is 21.4 Å². The van der Waals surface area contributed by atoms with Crippen molar-refractivity contribution in [3.8, 4) is 23.7 Å². The molecular formula is C28H29F3N6O4S. The molecule has 4 rings (SSSR count). The van der Waals surface area contributed by atoms with Gasteiger partial charge in [0, 0.05) is 36.3 Å². The van der Waals surface area contributed by atoms with Crippen LogP contribution in [0.5, 0.6) is 5.75 Å². The van der Waals surface area contributed by atoms with Crippen LogP contribution in [0.3, 0.4) is 0 Å². The number of benzene rings is 2. The Balaban J connectivity index is 1.55. The molecule has 42 heavy (non-hydrogen) atoms. The van der Waals surface area contributed by atoms with Crippen molar-refractivity contribution in [2.45, 2.75) is 42.9 Å². The van der Waals surface area contributed by atoms with Crippen molar-refractivity contribution in [1.29, 1.82) is 5.26 Å². The van der Waals surface area contributed by atoms with Crippen LogP contribution in [0, 0.1) is 23.2 Å². The van der Waals surface area contributed by atoms with Crippen LogP contribution in [0.2, 0.25) is 0 Å². The fourth-order valence-corrected chi connectivity index (χ4v) is 5.33. The Morgan fingerprint density at radius 1 is 1.17 bits per heavy atom. The molecule has 1 saturated heterocycles. The molecule has 1 amide bonds. The Bertz CT molecular complexity index is 1680. The number of amides is 1. The highest BCUT2D eigenvalue weighted by atomic mass is 32.2. The predicted octanol–water partition coefficient (Wildman–Crippen LogP) is 3.64. The Labute approximate surface area is 241 Å². The summed E-state index contributed by atoms with van der Waals surface area (Å²) in [5.74, 6) is 5.66. The van der Waals surface area contributed by atoms with Crippen molar-refractivity contribution in [2.24, 2.45) is 5.14 Å². The van der Waals surface area contributed by atoms with Crippen molar-refractivity contribution in [1.82, 2.24) is 9.47 Å². The van der Waals surface area contributed by atoms with E-state index < -0.39 is 22.7 Å². The van der Waals surface area contributed by atoms with E-state index in [1.165, 1.54) is 25.3 Å². The number of piperidine rings is 1. The van der Waals surface area contributed by atoms with Crippen LogP contribution in [0.15, 0.2) is 47.4 Å². The molecule has 1 aromatic heterocycles. The second-order valence-corrected chi connectivity index (χ2v) is 11.2. The molecule has 2 heterocycles. The van der Waals surface area contributed by atoms with Crippen LogP contribution in [-0.4, -0.2) is 62.8 Å². The molecule has 222 valence electrons. The molecule has 0 atom stereocenters. The summed E-state index contributed by atoms with van der Waals surface area (Å²) in [7, 11) is -2.57. The molecule has 0 bridgehead atoms. The maximum absolute atomic E-state index is 13.6. The number of anilines is 2.